The molecule has 0 aromatic heterocycles. The predicted octanol–water partition coefficient (Wildman–Crippen LogP) is 3.83. The Morgan fingerprint density at radius 2 is 1.88 bits per heavy atom. The summed E-state index contributed by atoms with van der Waals surface area (Å²) < 4.78 is 5.60. The van der Waals surface area contributed by atoms with Crippen molar-refractivity contribution in [1.82, 2.24) is 9.80 Å². The summed E-state index contributed by atoms with van der Waals surface area (Å²) in [6.45, 7) is 13.2. The van der Waals surface area contributed by atoms with Crippen LogP contribution in [0, 0.1) is 13.8 Å². The lowest BCUT2D eigenvalue weighted by atomic mass is 9.95. The average Bonchev–Trinajstić information content (AvgIpc) is 2.54. The Morgan fingerprint density at radius 3 is 2.48 bits per heavy atom. The highest BCUT2D eigenvalue weighted by Gasteiger charge is 2.36. The van der Waals surface area contributed by atoms with Crippen molar-refractivity contribution < 1.29 is 14.3 Å². The SMILES string of the molecule is CCC(=O)N1CCN(C(=O)OC(C)(C)C)C(c2cccc(C)c2C)C1. The molecule has 0 aliphatic carbocycles. The second kappa shape index (κ2) is 7.46. The average molecular weight is 346 g/mol. The molecule has 25 heavy (non-hydrogen) atoms. The molecule has 2 amide bonds. The smallest absolute Gasteiger partial charge is 0.410 e. The quantitative estimate of drug-likeness (QED) is 0.818. The third kappa shape index (κ3) is 4.53. The topological polar surface area (TPSA) is 49.9 Å². The zero-order valence-corrected chi connectivity index (χ0v) is 16.3. The van der Waals surface area contributed by atoms with Crippen LogP contribution in [0.15, 0.2) is 18.2 Å². The van der Waals surface area contributed by atoms with Gasteiger partial charge in [-0.1, -0.05) is 25.1 Å². The van der Waals surface area contributed by atoms with Crippen molar-refractivity contribution in [2.24, 2.45) is 0 Å². The van der Waals surface area contributed by atoms with E-state index in [1.54, 1.807) is 4.90 Å². The van der Waals surface area contributed by atoms with Crippen molar-refractivity contribution in [1.29, 1.82) is 0 Å². The zero-order valence-electron chi connectivity index (χ0n) is 16.3. The number of carbonyl (C=O) groups is 2. The van der Waals surface area contributed by atoms with E-state index in [0.29, 0.717) is 26.1 Å². The Balaban J connectivity index is 2.36. The zero-order chi connectivity index (χ0) is 18.8. The molecular formula is C20H30N2O3. The minimum atomic E-state index is -0.542. The molecule has 138 valence electrons. The number of ether oxygens (including phenoxy) is 1. The molecule has 1 saturated heterocycles. The van der Waals surface area contributed by atoms with E-state index in [0.717, 1.165) is 11.1 Å². The van der Waals surface area contributed by atoms with Crippen LogP contribution in [0.3, 0.4) is 0 Å². The van der Waals surface area contributed by atoms with E-state index in [2.05, 4.69) is 19.9 Å². The van der Waals surface area contributed by atoms with Crippen LogP contribution in [0.2, 0.25) is 0 Å². The van der Waals surface area contributed by atoms with Gasteiger partial charge in [0.15, 0.2) is 0 Å². The van der Waals surface area contributed by atoms with Gasteiger partial charge in [0.25, 0.3) is 0 Å². The van der Waals surface area contributed by atoms with Crippen LogP contribution in [-0.2, 0) is 9.53 Å². The number of carbonyl (C=O) groups excluding carboxylic acids is 2. The summed E-state index contributed by atoms with van der Waals surface area (Å²) in [5.41, 5.74) is 2.88. The monoisotopic (exact) mass is 346 g/mol. The van der Waals surface area contributed by atoms with E-state index in [-0.39, 0.29) is 18.0 Å². The number of piperazine rings is 1. The molecule has 1 aliphatic heterocycles. The van der Waals surface area contributed by atoms with Gasteiger partial charge in [-0.15, -0.1) is 0 Å². The molecule has 0 bridgehead atoms. The Kier molecular flexibility index (Phi) is 5.76. The summed E-state index contributed by atoms with van der Waals surface area (Å²) in [5.74, 6) is 0.124. The fraction of sp³-hybridized carbons (Fsp3) is 0.600. The lowest BCUT2D eigenvalue weighted by Crippen LogP contribution is -2.53. The van der Waals surface area contributed by atoms with Crippen LogP contribution < -0.4 is 0 Å². The lowest BCUT2D eigenvalue weighted by molar-refractivity contribution is -0.134. The first-order valence-electron chi connectivity index (χ1n) is 8.97. The fourth-order valence-electron chi connectivity index (χ4n) is 3.17. The number of benzene rings is 1. The maximum Gasteiger partial charge on any atom is 0.410 e. The Labute approximate surface area is 150 Å². The van der Waals surface area contributed by atoms with Crippen molar-refractivity contribution in [3.05, 3.63) is 34.9 Å². The molecule has 1 fully saturated rings. The number of hydrogen-bond donors (Lipinski definition) is 0. The van der Waals surface area contributed by atoms with Crippen LogP contribution in [0.25, 0.3) is 0 Å². The van der Waals surface area contributed by atoms with Gasteiger partial charge in [0, 0.05) is 26.1 Å². The van der Waals surface area contributed by atoms with Gasteiger partial charge in [-0.25, -0.2) is 4.79 Å². The van der Waals surface area contributed by atoms with Crippen LogP contribution in [0.5, 0.6) is 0 Å². The summed E-state index contributed by atoms with van der Waals surface area (Å²) in [6, 6.07) is 5.93. The van der Waals surface area contributed by atoms with E-state index in [1.165, 1.54) is 5.56 Å². The molecule has 1 aromatic carbocycles. The maximum absolute atomic E-state index is 12.7. The number of hydrogen-bond acceptors (Lipinski definition) is 3. The Morgan fingerprint density at radius 1 is 1.20 bits per heavy atom. The highest BCUT2D eigenvalue weighted by molar-refractivity contribution is 5.76. The van der Waals surface area contributed by atoms with Gasteiger partial charge in [-0.2, -0.15) is 0 Å². The molecule has 0 saturated carbocycles. The van der Waals surface area contributed by atoms with Crippen LogP contribution in [0.4, 0.5) is 4.79 Å². The van der Waals surface area contributed by atoms with Gasteiger partial charge in [0.2, 0.25) is 5.91 Å². The molecule has 5 heteroatoms. The third-order valence-corrected chi connectivity index (χ3v) is 4.67. The van der Waals surface area contributed by atoms with E-state index in [9.17, 15) is 9.59 Å². The molecule has 1 heterocycles. The molecule has 0 spiro atoms. The first-order chi connectivity index (χ1) is 11.6. The van der Waals surface area contributed by atoms with Crippen molar-refractivity contribution in [3.8, 4) is 0 Å². The van der Waals surface area contributed by atoms with Crippen LogP contribution in [-0.4, -0.2) is 47.0 Å². The second-order valence-corrected chi connectivity index (χ2v) is 7.67. The Hall–Kier alpha value is -2.04. The van der Waals surface area contributed by atoms with Gasteiger partial charge in [-0.3, -0.25) is 9.69 Å². The first-order valence-corrected chi connectivity index (χ1v) is 8.97. The standard InChI is InChI=1S/C20H30N2O3/c1-7-18(23)21-11-12-22(19(24)25-20(4,5)6)17(13-21)16-10-8-9-14(2)15(16)3/h8-10,17H,7,11-13H2,1-6H3. The summed E-state index contributed by atoms with van der Waals surface area (Å²) in [4.78, 5) is 28.6. The van der Waals surface area contributed by atoms with Crippen molar-refractivity contribution in [3.63, 3.8) is 0 Å². The molecular weight excluding hydrogens is 316 g/mol. The molecule has 1 unspecified atom stereocenters. The molecule has 5 nitrogen and oxygen atoms in total. The van der Waals surface area contributed by atoms with E-state index < -0.39 is 5.60 Å². The number of rotatable bonds is 2. The summed E-state index contributed by atoms with van der Waals surface area (Å²) in [6.07, 6.45) is 0.161. The van der Waals surface area contributed by atoms with Gasteiger partial charge in [0.1, 0.15) is 5.60 Å². The molecule has 2 rings (SSSR count). The first kappa shape index (κ1) is 19.3. The lowest BCUT2D eigenvalue weighted by Gasteiger charge is -2.42. The van der Waals surface area contributed by atoms with E-state index in [4.69, 9.17) is 4.74 Å². The molecule has 1 aromatic rings. The minimum absolute atomic E-state index is 0.124. The molecule has 0 N–H and O–H groups in total. The van der Waals surface area contributed by atoms with Crippen LogP contribution >= 0.6 is 0 Å². The summed E-state index contributed by atoms with van der Waals surface area (Å²) >= 11 is 0. The van der Waals surface area contributed by atoms with Crippen molar-refractivity contribution in [2.75, 3.05) is 19.6 Å². The van der Waals surface area contributed by atoms with E-state index >= 15 is 0 Å². The molecule has 0 radical (unpaired) electrons. The fourth-order valence-corrected chi connectivity index (χ4v) is 3.17. The largest absolute Gasteiger partial charge is 0.444 e. The third-order valence-electron chi connectivity index (χ3n) is 4.67. The summed E-state index contributed by atoms with van der Waals surface area (Å²) in [7, 11) is 0. The van der Waals surface area contributed by atoms with Crippen LogP contribution in [0.1, 0.15) is 56.8 Å². The summed E-state index contributed by atoms with van der Waals surface area (Å²) in [5, 5.41) is 0. The second-order valence-electron chi connectivity index (χ2n) is 7.67. The number of aryl methyl sites for hydroxylation is 1. The Bertz CT molecular complexity index is 649. The van der Waals surface area contributed by atoms with Gasteiger partial charge < -0.3 is 9.64 Å². The van der Waals surface area contributed by atoms with Gasteiger partial charge in [-0.05, 0) is 51.3 Å². The molecule has 1 aliphatic rings. The van der Waals surface area contributed by atoms with Gasteiger partial charge in [0.05, 0.1) is 6.04 Å². The maximum atomic E-state index is 12.7. The number of amides is 2. The molecule has 1 atom stereocenters. The highest BCUT2D eigenvalue weighted by Crippen LogP contribution is 2.30. The van der Waals surface area contributed by atoms with Crippen molar-refractivity contribution in [2.45, 2.75) is 59.6 Å². The highest BCUT2D eigenvalue weighted by atomic mass is 16.6. The minimum Gasteiger partial charge on any atom is -0.444 e. The normalized spacial score (nSPS) is 18.2. The number of nitrogens with zero attached hydrogens (tertiary/aromatic N) is 2. The van der Waals surface area contributed by atoms with E-state index in [1.807, 2.05) is 44.7 Å². The van der Waals surface area contributed by atoms with Gasteiger partial charge >= 0.3 is 6.09 Å². The van der Waals surface area contributed by atoms with Crippen molar-refractivity contribution >= 4 is 12.0 Å². The predicted molar refractivity (Wildman–Crippen MR) is 98.5 cm³/mol.